The summed E-state index contributed by atoms with van der Waals surface area (Å²) in [5, 5.41) is 0. The molecule has 126 valence electrons. The van der Waals surface area contributed by atoms with Gasteiger partial charge in [-0.05, 0) is 57.9 Å². The molecule has 0 aliphatic carbocycles. The number of para-hydroxylation sites is 2. The molecule has 0 amide bonds. The zero-order valence-electron chi connectivity index (χ0n) is 13.8. The number of hydrogen-bond donors (Lipinski definition) is 0. The average Bonchev–Trinajstić information content (AvgIpc) is 3.11. The molecule has 26 heavy (non-hydrogen) atoms. The summed E-state index contributed by atoms with van der Waals surface area (Å²) in [5.74, 6) is 0.593. The van der Waals surface area contributed by atoms with Gasteiger partial charge >= 0.3 is 0 Å². The Labute approximate surface area is 159 Å². The molecule has 0 spiro atoms. The Morgan fingerprint density at radius 1 is 0.923 bits per heavy atom. The zero-order chi connectivity index (χ0) is 17.8. The minimum absolute atomic E-state index is 0.593. The second-order valence-corrected chi connectivity index (χ2v) is 6.56. The number of fused-ring (bicyclic) bond motifs is 1. The summed E-state index contributed by atoms with van der Waals surface area (Å²) in [6, 6.07) is 23.7. The minimum atomic E-state index is 0.593. The van der Waals surface area contributed by atoms with Gasteiger partial charge in [0.05, 0.1) is 5.69 Å². The van der Waals surface area contributed by atoms with Crippen LogP contribution in [0.1, 0.15) is 5.56 Å². The van der Waals surface area contributed by atoms with Crippen LogP contribution in [0.25, 0.3) is 28.6 Å². The van der Waals surface area contributed by atoms with Gasteiger partial charge in [0.2, 0.25) is 5.89 Å². The summed E-state index contributed by atoms with van der Waals surface area (Å²) in [5.41, 5.74) is 4.48. The molecule has 0 aliphatic rings. The van der Waals surface area contributed by atoms with Crippen molar-refractivity contribution >= 4 is 45.0 Å². The SMILES string of the molecule is Brc1ccc(-c2nc3ccccc3o2)cc1N=C/C=C\c1ccccc1. The van der Waals surface area contributed by atoms with Gasteiger partial charge in [0.15, 0.2) is 5.58 Å². The van der Waals surface area contributed by atoms with Crippen LogP contribution in [0.2, 0.25) is 0 Å². The molecule has 0 saturated carbocycles. The number of benzene rings is 3. The van der Waals surface area contributed by atoms with Crippen LogP contribution in [0.5, 0.6) is 0 Å². The molecule has 4 rings (SSSR count). The van der Waals surface area contributed by atoms with E-state index >= 15 is 0 Å². The smallest absolute Gasteiger partial charge is 0.227 e. The molecule has 0 bridgehead atoms. The molecule has 0 saturated heterocycles. The van der Waals surface area contributed by atoms with Gasteiger partial charge in [0.1, 0.15) is 5.52 Å². The molecule has 3 aromatic carbocycles. The molecule has 0 N–H and O–H groups in total. The summed E-state index contributed by atoms with van der Waals surface area (Å²) in [6.07, 6.45) is 5.72. The summed E-state index contributed by atoms with van der Waals surface area (Å²) < 4.78 is 6.76. The fourth-order valence-electron chi connectivity index (χ4n) is 2.58. The normalized spacial score (nSPS) is 11.7. The number of nitrogens with zero attached hydrogens (tertiary/aromatic N) is 2. The molecule has 0 radical (unpaired) electrons. The molecule has 4 heteroatoms. The lowest BCUT2D eigenvalue weighted by Crippen LogP contribution is -1.79. The maximum Gasteiger partial charge on any atom is 0.227 e. The van der Waals surface area contributed by atoms with E-state index in [2.05, 4.69) is 25.9 Å². The molecule has 0 aliphatic heterocycles. The largest absolute Gasteiger partial charge is 0.436 e. The first-order valence-corrected chi connectivity index (χ1v) is 9.00. The zero-order valence-corrected chi connectivity index (χ0v) is 15.4. The number of aliphatic imine (C=N–C) groups is 1. The van der Waals surface area contributed by atoms with Gasteiger partial charge < -0.3 is 4.42 Å². The van der Waals surface area contributed by atoms with Crippen LogP contribution in [0.15, 0.2) is 92.8 Å². The number of oxazole rings is 1. The third-order valence-corrected chi connectivity index (χ3v) is 4.55. The number of allylic oxidation sites excluding steroid dienone is 1. The van der Waals surface area contributed by atoms with Crippen LogP contribution < -0.4 is 0 Å². The van der Waals surface area contributed by atoms with Crippen molar-refractivity contribution in [1.29, 1.82) is 0 Å². The van der Waals surface area contributed by atoms with Crippen molar-refractivity contribution in [3.8, 4) is 11.5 Å². The van der Waals surface area contributed by atoms with E-state index < -0.39 is 0 Å². The first-order valence-electron chi connectivity index (χ1n) is 8.21. The molecule has 3 nitrogen and oxygen atoms in total. The van der Waals surface area contributed by atoms with Gasteiger partial charge in [-0.1, -0.05) is 48.5 Å². The third kappa shape index (κ3) is 3.65. The summed E-state index contributed by atoms with van der Waals surface area (Å²) in [6.45, 7) is 0. The number of aromatic nitrogens is 1. The van der Waals surface area contributed by atoms with Gasteiger partial charge in [-0.15, -0.1) is 0 Å². The van der Waals surface area contributed by atoms with Gasteiger partial charge in [-0.2, -0.15) is 0 Å². The van der Waals surface area contributed by atoms with Crippen LogP contribution in [-0.2, 0) is 0 Å². The number of halogens is 1. The third-order valence-electron chi connectivity index (χ3n) is 3.87. The van der Waals surface area contributed by atoms with E-state index in [0.717, 1.165) is 32.4 Å². The maximum absolute atomic E-state index is 5.84. The van der Waals surface area contributed by atoms with Gasteiger partial charge in [-0.3, -0.25) is 4.99 Å². The Kier molecular flexibility index (Phi) is 4.75. The van der Waals surface area contributed by atoms with Crippen LogP contribution in [0.3, 0.4) is 0 Å². The highest BCUT2D eigenvalue weighted by molar-refractivity contribution is 9.10. The fraction of sp³-hybridized carbons (Fsp3) is 0. The Bertz CT molecular complexity index is 1060. The van der Waals surface area contributed by atoms with E-state index in [0.29, 0.717) is 5.89 Å². The van der Waals surface area contributed by atoms with Gasteiger partial charge in [-0.25, -0.2) is 4.98 Å². The lowest BCUT2D eigenvalue weighted by Gasteiger charge is -2.00. The van der Waals surface area contributed by atoms with Gasteiger partial charge in [0.25, 0.3) is 0 Å². The molecule has 1 aromatic heterocycles. The standard InChI is InChI=1S/C22H15BrN2O/c23-18-13-12-17(22-25-19-10-4-5-11-21(19)26-22)15-20(18)24-14-6-9-16-7-2-1-3-8-16/h1-15H/b9-6-,24-14?. The molecule has 0 atom stereocenters. The van der Waals surface area contributed by atoms with Crippen molar-refractivity contribution in [2.75, 3.05) is 0 Å². The monoisotopic (exact) mass is 402 g/mol. The fourth-order valence-corrected chi connectivity index (χ4v) is 2.93. The summed E-state index contributed by atoms with van der Waals surface area (Å²) in [4.78, 5) is 9.07. The van der Waals surface area contributed by atoms with Crippen molar-refractivity contribution in [2.45, 2.75) is 0 Å². The van der Waals surface area contributed by atoms with Gasteiger partial charge in [0, 0.05) is 16.3 Å². The summed E-state index contributed by atoms with van der Waals surface area (Å²) in [7, 11) is 0. The van der Waals surface area contributed by atoms with E-state index in [9.17, 15) is 0 Å². The maximum atomic E-state index is 5.84. The predicted molar refractivity (Wildman–Crippen MR) is 111 cm³/mol. The van der Waals surface area contributed by atoms with Crippen LogP contribution in [0, 0.1) is 0 Å². The van der Waals surface area contributed by atoms with Crippen molar-refractivity contribution < 1.29 is 4.42 Å². The first-order chi connectivity index (χ1) is 12.8. The Morgan fingerprint density at radius 3 is 2.58 bits per heavy atom. The van der Waals surface area contributed by atoms with Crippen molar-refractivity contribution in [3.63, 3.8) is 0 Å². The highest BCUT2D eigenvalue weighted by Gasteiger charge is 2.09. The predicted octanol–water partition coefficient (Wildman–Crippen LogP) is 6.67. The number of hydrogen-bond acceptors (Lipinski definition) is 3. The Hall–Kier alpha value is -2.98. The summed E-state index contributed by atoms with van der Waals surface area (Å²) >= 11 is 3.55. The lowest BCUT2D eigenvalue weighted by molar-refractivity contribution is 0.620. The molecule has 4 aromatic rings. The van der Waals surface area contributed by atoms with E-state index in [1.54, 1.807) is 6.21 Å². The first kappa shape index (κ1) is 16.5. The Balaban J connectivity index is 1.60. The van der Waals surface area contributed by atoms with Crippen LogP contribution in [-0.4, -0.2) is 11.2 Å². The van der Waals surface area contributed by atoms with Crippen LogP contribution in [0.4, 0.5) is 5.69 Å². The van der Waals surface area contributed by atoms with Crippen molar-refractivity contribution in [2.24, 2.45) is 4.99 Å². The highest BCUT2D eigenvalue weighted by Crippen LogP contribution is 2.32. The van der Waals surface area contributed by atoms with E-state index in [4.69, 9.17) is 4.42 Å². The van der Waals surface area contributed by atoms with Crippen molar-refractivity contribution in [1.82, 2.24) is 4.98 Å². The van der Waals surface area contributed by atoms with E-state index in [1.807, 2.05) is 84.9 Å². The Morgan fingerprint density at radius 2 is 1.73 bits per heavy atom. The quantitative estimate of drug-likeness (QED) is 0.357. The second kappa shape index (κ2) is 7.50. The van der Waals surface area contributed by atoms with E-state index in [-0.39, 0.29) is 0 Å². The second-order valence-electron chi connectivity index (χ2n) is 5.70. The average molecular weight is 403 g/mol. The lowest BCUT2D eigenvalue weighted by atomic mass is 10.2. The number of rotatable bonds is 4. The molecular weight excluding hydrogens is 388 g/mol. The molecule has 1 heterocycles. The molecule has 0 fully saturated rings. The van der Waals surface area contributed by atoms with Crippen molar-refractivity contribution in [3.05, 3.63) is 88.9 Å². The van der Waals surface area contributed by atoms with E-state index in [1.165, 1.54) is 0 Å². The molecule has 0 unspecified atom stereocenters. The molecular formula is C22H15BrN2O. The minimum Gasteiger partial charge on any atom is -0.436 e. The van der Waals surface area contributed by atoms with Crippen LogP contribution >= 0.6 is 15.9 Å². The highest BCUT2D eigenvalue weighted by atomic mass is 79.9. The topological polar surface area (TPSA) is 38.4 Å².